The second-order valence-corrected chi connectivity index (χ2v) is 6.54. The lowest BCUT2D eigenvalue weighted by molar-refractivity contribution is -0.118. The lowest BCUT2D eigenvalue weighted by Gasteiger charge is -2.23. The van der Waals surface area contributed by atoms with E-state index >= 15 is 0 Å². The van der Waals surface area contributed by atoms with E-state index in [9.17, 15) is 4.79 Å². The van der Waals surface area contributed by atoms with Gasteiger partial charge in [0, 0.05) is 30.6 Å². The summed E-state index contributed by atoms with van der Waals surface area (Å²) >= 11 is 0. The number of benzene rings is 2. The molecule has 0 fully saturated rings. The summed E-state index contributed by atoms with van der Waals surface area (Å²) in [7, 11) is 3.51. The van der Waals surface area contributed by atoms with Crippen molar-refractivity contribution in [1.82, 2.24) is 14.9 Å². The van der Waals surface area contributed by atoms with Crippen LogP contribution < -0.4 is 14.8 Å². The minimum absolute atomic E-state index is 0.201. The molecule has 1 aliphatic heterocycles. The highest BCUT2D eigenvalue weighted by atomic mass is 16.5. The van der Waals surface area contributed by atoms with Gasteiger partial charge in [0.1, 0.15) is 30.0 Å². The van der Waals surface area contributed by atoms with Gasteiger partial charge in [-0.3, -0.25) is 4.79 Å². The summed E-state index contributed by atoms with van der Waals surface area (Å²) in [5.41, 5.74) is 2.29. The number of hydrogen-bond donors (Lipinski definition) is 1. The molecule has 0 saturated heterocycles. The standard InChI is InChI=1S/C22H21N3O3/c1-25-12-11-23-21(25)20(17-8-4-6-10-19(17)27-2)24-22(26)16-13-15-7-3-5-9-18(15)28-14-16/h3-13,20H,14H2,1-2H3,(H,24,26). The first kappa shape index (κ1) is 17.9. The number of para-hydroxylation sites is 2. The third-order valence-electron chi connectivity index (χ3n) is 4.77. The first-order valence-electron chi connectivity index (χ1n) is 9.01. The molecule has 1 N–H and O–H groups in total. The number of nitrogens with one attached hydrogen (secondary N) is 1. The van der Waals surface area contributed by atoms with Crippen molar-refractivity contribution in [2.24, 2.45) is 7.05 Å². The third-order valence-corrected chi connectivity index (χ3v) is 4.77. The Morgan fingerprint density at radius 3 is 2.79 bits per heavy atom. The zero-order valence-corrected chi connectivity index (χ0v) is 15.8. The molecule has 1 aromatic heterocycles. The molecule has 2 aromatic carbocycles. The highest BCUT2D eigenvalue weighted by molar-refractivity contribution is 5.99. The number of aryl methyl sites for hydroxylation is 1. The number of rotatable bonds is 5. The summed E-state index contributed by atoms with van der Waals surface area (Å²) in [6.07, 6.45) is 5.43. The van der Waals surface area contributed by atoms with Crippen LogP contribution in [0.3, 0.4) is 0 Å². The second-order valence-electron chi connectivity index (χ2n) is 6.54. The van der Waals surface area contributed by atoms with E-state index in [1.54, 1.807) is 13.3 Å². The van der Waals surface area contributed by atoms with Gasteiger partial charge in [0.05, 0.1) is 12.7 Å². The van der Waals surface area contributed by atoms with E-state index in [1.165, 1.54) is 0 Å². The average Bonchev–Trinajstić information content (AvgIpc) is 3.17. The Bertz CT molecular complexity index is 1040. The van der Waals surface area contributed by atoms with Crippen LogP contribution in [-0.2, 0) is 11.8 Å². The maximum absolute atomic E-state index is 13.1. The number of carbonyl (C=O) groups is 1. The highest BCUT2D eigenvalue weighted by Gasteiger charge is 2.26. The number of amides is 1. The average molecular weight is 375 g/mol. The Hall–Kier alpha value is -3.54. The second kappa shape index (κ2) is 7.60. The van der Waals surface area contributed by atoms with Gasteiger partial charge in [0.25, 0.3) is 5.91 Å². The Kier molecular flexibility index (Phi) is 4.85. The van der Waals surface area contributed by atoms with E-state index in [0.717, 1.165) is 22.7 Å². The normalized spacial score (nSPS) is 13.7. The summed E-state index contributed by atoms with van der Waals surface area (Å²) in [4.78, 5) is 17.5. The Morgan fingerprint density at radius 1 is 1.21 bits per heavy atom. The maximum Gasteiger partial charge on any atom is 0.251 e. The van der Waals surface area contributed by atoms with Crippen molar-refractivity contribution in [3.05, 3.63) is 83.4 Å². The quantitative estimate of drug-likeness (QED) is 0.744. The number of ether oxygens (including phenoxy) is 2. The number of nitrogens with zero attached hydrogens (tertiary/aromatic N) is 2. The molecule has 1 aliphatic rings. The monoisotopic (exact) mass is 375 g/mol. The predicted octanol–water partition coefficient (Wildman–Crippen LogP) is 3.11. The largest absolute Gasteiger partial charge is 0.496 e. The smallest absolute Gasteiger partial charge is 0.251 e. The molecule has 0 radical (unpaired) electrons. The maximum atomic E-state index is 13.1. The fourth-order valence-corrected chi connectivity index (χ4v) is 3.31. The minimum atomic E-state index is -0.457. The molecule has 1 unspecified atom stereocenters. The van der Waals surface area contributed by atoms with Crippen LogP contribution >= 0.6 is 0 Å². The molecule has 0 bridgehead atoms. The molecule has 2 heterocycles. The first-order valence-corrected chi connectivity index (χ1v) is 9.01. The lowest BCUT2D eigenvalue weighted by atomic mass is 10.0. The van der Waals surface area contributed by atoms with Crippen molar-refractivity contribution in [3.63, 3.8) is 0 Å². The molecule has 6 nitrogen and oxygen atoms in total. The lowest BCUT2D eigenvalue weighted by Crippen LogP contribution is -2.34. The van der Waals surface area contributed by atoms with Crippen molar-refractivity contribution >= 4 is 12.0 Å². The zero-order chi connectivity index (χ0) is 19.5. The molecular weight excluding hydrogens is 354 g/mol. The molecule has 4 rings (SSSR count). The SMILES string of the molecule is COc1ccccc1C(NC(=O)C1=Cc2ccccc2OC1)c1nccn1C. The molecule has 3 aromatic rings. The molecular formula is C22H21N3O3. The van der Waals surface area contributed by atoms with Crippen LogP contribution in [-0.4, -0.2) is 29.2 Å². The van der Waals surface area contributed by atoms with Crippen molar-refractivity contribution in [1.29, 1.82) is 0 Å². The van der Waals surface area contributed by atoms with Crippen LogP contribution in [0.2, 0.25) is 0 Å². The highest BCUT2D eigenvalue weighted by Crippen LogP contribution is 2.30. The van der Waals surface area contributed by atoms with E-state index in [2.05, 4.69) is 10.3 Å². The van der Waals surface area contributed by atoms with Crippen molar-refractivity contribution in [2.75, 3.05) is 13.7 Å². The summed E-state index contributed by atoms with van der Waals surface area (Å²) in [6.45, 7) is 0.224. The fraction of sp³-hybridized carbons (Fsp3) is 0.182. The van der Waals surface area contributed by atoms with Crippen LogP contribution in [0.5, 0.6) is 11.5 Å². The first-order chi connectivity index (χ1) is 13.7. The number of hydrogen-bond acceptors (Lipinski definition) is 4. The van der Waals surface area contributed by atoms with Gasteiger partial charge in [-0.25, -0.2) is 4.98 Å². The van der Waals surface area contributed by atoms with Crippen LogP contribution in [0.1, 0.15) is 23.0 Å². The summed E-state index contributed by atoms with van der Waals surface area (Å²) in [6, 6.07) is 14.8. The van der Waals surface area contributed by atoms with Gasteiger partial charge >= 0.3 is 0 Å². The molecule has 0 saturated carbocycles. The van der Waals surface area contributed by atoms with Gasteiger partial charge in [0.15, 0.2) is 0 Å². The summed E-state index contributed by atoms with van der Waals surface area (Å²) in [5, 5.41) is 3.10. The van der Waals surface area contributed by atoms with Gasteiger partial charge in [-0.05, 0) is 18.2 Å². The Labute approximate surface area is 163 Å². The number of aromatic nitrogens is 2. The van der Waals surface area contributed by atoms with Gasteiger partial charge in [0.2, 0.25) is 0 Å². The van der Waals surface area contributed by atoms with Crippen LogP contribution in [0.4, 0.5) is 0 Å². The third kappa shape index (κ3) is 3.36. The van der Waals surface area contributed by atoms with Crippen LogP contribution in [0.15, 0.2) is 66.5 Å². The molecule has 1 atom stereocenters. The number of methoxy groups -OCH3 is 1. The van der Waals surface area contributed by atoms with E-state index < -0.39 is 6.04 Å². The Morgan fingerprint density at radius 2 is 2.00 bits per heavy atom. The number of fused-ring (bicyclic) bond motifs is 1. The summed E-state index contributed by atoms with van der Waals surface area (Å²) < 4.78 is 13.1. The topological polar surface area (TPSA) is 65.4 Å². The van der Waals surface area contributed by atoms with Crippen LogP contribution in [0.25, 0.3) is 6.08 Å². The van der Waals surface area contributed by atoms with Gasteiger partial charge < -0.3 is 19.4 Å². The van der Waals surface area contributed by atoms with E-state index in [0.29, 0.717) is 11.3 Å². The Balaban J connectivity index is 1.68. The molecule has 0 spiro atoms. The van der Waals surface area contributed by atoms with Gasteiger partial charge in [-0.15, -0.1) is 0 Å². The van der Waals surface area contributed by atoms with E-state index in [1.807, 2.05) is 72.4 Å². The molecule has 0 aliphatic carbocycles. The van der Waals surface area contributed by atoms with Crippen molar-refractivity contribution < 1.29 is 14.3 Å². The predicted molar refractivity (Wildman–Crippen MR) is 106 cm³/mol. The molecule has 28 heavy (non-hydrogen) atoms. The zero-order valence-electron chi connectivity index (χ0n) is 15.8. The van der Waals surface area contributed by atoms with Gasteiger partial charge in [-0.1, -0.05) is 36.4 Å². The molecule has 142 valence electrons. The van der Waals surface area contributed by atoms with Crippen LogP contribution in [0, 0.1) is 0 Å². The van der Waals surface area contributed by atoms with Crippen molar-refractivity contribution in [2.45, 2.75) is 6.04 Å². The van der Waals surface area contributed by atoms with E-state index in [-0.39, 0.29) is 12.5 Å². The molecule has 1 amide bonds. The fourth-order valence-electron chi connectivity index (χ4n) is 3.31. The molecule has 6 heteroatoms. The van der Waals surface area contributed by atoms with Gasteiger partial charge in [-0.2, -0.15) is 0 Å². The van der Waals surface area contributed by atoms with E-state index in [4.69, 9.17) is 9.47 Å². The number of carbonyl (C=O) groups excluding carboxylic acids is 1. The van der Waals surface area contributed by atoms with Crippen molar-refractivity contribution in [3.8, 4) is 11.5 Å². The summed E-state index contributed by atoms with van der Waals surface area (Å²) in [5.74, 6) is 1.99. The minimum Gasteiger partial charge on any atom is -0.496 e. The number of imidazole rings is 1.